The van der Waals surface area contributed by atoms with Crippen molar-refractivity contribution in [3.63, 3.8) is 0 Å². The Morgan fingerprint density at radius 3 is 1.81 bits per heavy atom. The van der Waals surface area contributed by atoms with Gasteiger partial charge in [0.2, 0.25) is 5.82 Å². The van der Waals surface area contributed by atoms with Gasteiger partial charge in [-0.25, -0.2) is 26.9 Å². The Balaban J connectivity index is 2.10. The van der Waals surface area contributed by atoms with Crippen LogP contribution in [0.5, 0.6) is 0 Å². The summed E-state index contributed by atoms with van der Waals surface area (Å²) in [5, 5.41) is 0. The highest BCUT2D eigenvalue weighted by Gasteiger charge is 2.52. The van der Waals surface area contributed by atoms with Crippen LogP contribution in [0, 0.1) is 29.1 Å². The second kappa shape index (κ2) is 7.91. The maximum atomic E-state index is 14.0. The lowest BCUT2D eigenvalue weighted by molar-refractivity contribution is 0.00578. The maximum absolute atomic E-state index is 14.0. The minimum Gasteiger partial charge on any atom is -0.399 e. The van der Waals surface area contributed by atoms with Crippen molar-refractivity contribution in [2.24, 2.45) is 4.99 Å². The highest BCUT2D eigenvalue weighted by Crippen LogP contribution is 2.37. The first-order chi connectivity index (χ1) is 14.3. The molecular formula is C21H22BF5N2O2. The fourth-order valence-electron chi connectivity index (χ4n) is 2.97. The van der Waals surface area contributed by atoms with Crippen LogP contribution >= 0.6 is 0 Å². The molecule has 1 fully saturated rings. The molecule has 0 saturated carbocycles. The van der Waals surface area contributed by atoms with E-state index in [-0.39, 0.29) is 0 Å². The third-order valence-electron chi connectivity index (χ3n) is 5.61. The van der Waals surface area contributed by atoms with Crippen LogP contribution in [-0.2, 0) is 9.31 Å². The smallest absolute Gasteiger partial charge is 0.399 e. The molecule has 3 rings (SSSR count). The zero-order chi connectivity index (χ0) is 23.3. The summed E-state index contributed by atoms with van der Waals surface area (Å²) in [7, 11) is 2.82. The molecule has 0 spiro atoms. The zero-order valence-electron chi connectivity index (χ0n) is 18.0. The topological polar surface area (TPSA) is 34.1 Å². The van der Waals surface area contributed by atoms with E-state index in [4.69, 9.17) is 9.31 Å². The molecule has 1 heterocycles. The fraction of sp³-hybridized carbons (Fsp3) is 0.381. The van der Waals surface area contributed by atoms with Crippen LogP contribution in [0.1, 0.15) is 33.3 Å². The Labute approximate surface area is 177 Å². The molecule has 1 aliphatic heterocycles. The van der Waals surface area contributed by atoms with Gasteiger partial charge in [0, 0.05) is 26.0 Å². The number of anilines is 1. The van der Waals surface area contributed by atoms with Crippen molar-refractivity contribution in [2.75, 3.05) is 19.0 Å². The van der Waals surface area contributed by atoms with Gasteiger partial charge in [-0.05, 0) is 50.9 Å². The molecule has 31 heavy (non-hydrogen) atoms. The molecule has 4 nitrogen and oxygen atoms in total. The number of hydrogen-bond acceptors (Lipinski definition) is 4. The summed E-state index contributed by atoms with van der Waals surface area (Å²) in [6, 6.07) is 5.07. The van der Waals surface area contributed by atoms with Gasteiger partial charge in [0.1, 0.15) is 5.69 Å². The number of rotatable bonds is 4. The van der Waals surface area contributed by atoms with Gasteiger partial charge in [0.15, 0.2) is 23.3 Å². The van der Waals surface area contributed by atoms with Gasteiger partial charge in [0.25, 0.3) is 0 Å². The van der Waals surface area contributed by atoms with Crippen LogP contribution in [0.2, 0.25) is 0 Å². The van der Waals surface area contributed by atoms with Gasteiger partial charge in [-0.3, -0.25) is 0 Å². The van der Waals surface area contributed by atoms with Crippen molar-refractivity contribution >= 4 is 30.2 Å². The summed E-state index contributed by atoms with van der Waals surface area (Å²) in [5.41, 5.74) is -0.944. The van der Waals surface area contributed by atoms with Gasteiger partial charge in [-0.15, -0.1) is 0 Å². The van der Waals surface area contributed by atoms with Crippen molar-refractivity contribution in [1.82, 2.24) is 0 Å². The van der Waals surface area contributed by atoms with Crippen molar-refractivity contribution < 1.29 is 31.3 Å². The first-order valence-corrected chi connectivity index (χ1v) is 9.49. The SMILES string of the molecule is CN(C)c1ccc(C=Nc2c(F)c(F)c(F)c(F)c2F)c(B2OC(C)(C)C(C)(C)O2)c1. The summed E-state index contributed by atoms with van der Waals surface area (Å²) in [6.45, 7) is 7.47. The molecular weight excluding hydrogens is 418 g/mol. The average Bonchev–Trinajstić information content (AvgIpc) is 2.91. The van der Waals surface area contributed by atoms with Gasteiger partial charge in [-0.2, -0.15) is 0 Å². The Morgan fingerprint density at radius 1 is 0.839 bits per heavy atom. The van der Waals surface area contributed by atoms with Gasteiger partial charge < -0.3 is 14.2 Å². The van der Waals surface area contributed by atoms with E-state index in [9.17, 15) is 22.0 Å². The van der Waals surface area contributed by atoms with Crippen molar-refractivity contribution in [3.05, 3.63) is 52.8 Å². The Kier molecular flexibility index (Phi) is 5.92. The van der Waals surface area contributed by atoms with Gasteiger partial charge in [-0.1, -0.05) is 6.07 Å². The molecule has 0 aliphatic carbocycles. The Morgan fingerprint density at radius 2 is 1.32 bits per heavy atom. The summed E-state index contributed by atoms with van der Waals surface area (Å²) in [5.74, 6) is -10.4. The molecule has 0 amide bonds. The van der Waals surface area contributed by atoms with E-state index < -0.39 is 53.1 Å². The zero-order valence-corrected chi connectivity index (χ0v) is 18.0. The van der Waals surface area contributed by atoms with E-state index in [0.29, 0.717) is 11.0 Å². The van der Waals surface area contributed by atoms with Crippen LogP contribution in [0.15, 0.2) is 23.2 Å². The Bertz CT molecular complexity index is 1010. The third kappa shape index (κ3) is 4.06. The molecule has 166 valence electrons. The lowest BCUT2D eigenvalue weighted by Crippen LogP contribution is -2.41. The molecule has 0 bridgehead atoms. The van der Waals surface area contributed by atoms with Crippen LogP contribution < -0.4 is 10.4 Å². The largest absolute Gasteiger partial charge is 0.495 e. The molecule has 1 aliphatic rings. The lowest BCUT2D eigenvalue weighted by atomic mass is 9.75. The number of benzene rings is 2. The average molecular weight is 440 g/mol. The molecule has 0 radical (unpaired) electrons. The molecule has 0 unspecified atom stereocenters. The minimum atomic E-state index is -2.23. The van der Waals surface area contributed by atoms with Crippen LogP contribution in [0.3, 0.4) is 0 Å². The van der Waals surface area contributed by atoms with E-state index in [2.05, 4.69) is 4.99 Å². The minimum absolute atomic E-state index is 0.341. The number of nitrogens with zero attached hydrogens (tertiary/aromatic N) is 2. The molecule has 0 N–H and O–H groups in total. The van der Waals surface area contributed by atoms with Gasteiger partial charge >= 0.3 is 7.12 Å². The lowest BCUT2D eigenvalue weighted by Gasteiger charge is -2.32. The second-order valence-corrected chi connectivity index (χ2v) is 8.47. The molecule has 0 atom stereocenters. The van der Waals surface area contributed by atoms with Crippen LogP contribution in [-0.4, -0.2) is 38.6 Å². The maximum Gasteiger partial charge on any atom is 0.495 e. The standard InChI is InChI=1S/C21H22BF5N2O2/c1-20(2)21(3,4)31-22(30-20)13-9-12(29(5)6)8-7-11(13)10-28-19-17(26)15(24)14(23)16(25)18(19)27/h7-10H,1-6H3. The molecule has 2 aromatic rings. The third-order valence-corrected chi connectivity index (χ3v) is 5.61. The Hall–Kier alpha value is -2.46. The molecule has 10 heteroatoms. The summed E-state index contributed by atoms with van der Waals surface area (Å²) in [4.78, 5) is 5.40. The highest BCUT2D eigenvalue weighted by molar-refractivity contribution is 6.63. The van der Waals surface area contributed by atoms with Gasteiger partial charge in [0.05, 0.1) is 11.2 Å². The summed E-state index contributed by atoms with van der Waals surface area (Å²) >= 11 is 0. The van der Waals surface area contributed by atoms with E-state index in [0.717, 1.165) is 11.9 Å². The van der Waals surface area contributed by atoms with E-state index in [1.165, 1.54) is 0 Å². The normalized spacial score (nSPS) is 17.6. The van der Waals surface area contributed by atoms with Crippen LogP contribution in [0.25, 0.3) is 0 Å². The van der Waals surface area contributed by atoms with Crippen LogP contribution in [0.4, 0.5) is 33.3 Å². The molecule has 1 saturated heterocycles. The van der Waals surface area contributed by atoms with Crippen molar-refractivity contribution in [1.29, 1.82) is 0 Å². The number of hydrogen-bond donors (Lipinski definition) is 0. The monoisotopic (exact) mass is 440 g/mol. The first-order valence-electron chi connectivity index (χ1n) is 9.49. The quantitative estimate of drug-likeness (QED) is 0.231. The fourth-order valence-corrected chi connectivity index (χ4v) is 2.97. The predicted molar refractivity (Wildman–Crippen MR) is 110 cm³/mol. The molecule has 2 aromatic carbocycles. The van der Waals surface area contributed by atoms with E-state index >= 15 is 0 Å². The van der Waals surface area contributed by atoms with Crippen molar-refractivity contribution in [2.45, 2.75) is 38.9 Å². The van der Waals surface area contributed by atoms with E-state index in [1.807, 2.05) is 46.7 Å². The predicted octanol–water partition coefficient (Wildman–Crippen LogP) is 4.50. The summed E-state index contributed by atoms with van der Waals surface area (Å²) < 4.78 is 80.3. The van der Waals surface area contributed by atoms with Crippen molar-refractivity contribution in [3.8, 4) is 0 Å². The summed E-state index contributed by atoms with van der Waals surface area (Å²) in [6.07, 6.45) is 1.03. The van der Waals surface area contributed by atoms with E-state index in [1.54, 1.807) is 18.2 Å². The number of halogens is 5. The first kappa shape index (κ1) is 23.2. The highest BCUT2D eigenvalue weighted by atomic mass is 19.2. The number of aliphatic imine (C=N–C) groups is 1. The molecule has 0 aromatic heterocycles. The second-order valence-electron chi connectivity index (χ2n) is 8.47.